The normalized spacial score (nSPS) is 14.6. The van der Waals surface area contributed by atoms with Crippen molar-refractivity contribution in [2.75, 3.05) is 26.4 Å². The van der Waals surface area contributed by atoms with Crippen LogP contribution in [0.1, 0.15) is 65.7 Å². The third kappa shape index (κ3) is 13.5. The van der Waals surface area contributed by atoms with Crippen LogP contribution in [0.2, 0.25) is 0 Å². The van der Waals surface area contributed by atoms with Crippen molar-refractivity contribution in [3.8, 4) is 11.5 Å². The van der Waals surface area contributed by atoms with E-state index in [2.05, 4.69) is 9.47 Å². The Hall–Kier alpha value is -6.60. The van der Waals surface area contributed by atoms with Gasteiger partial charge in [-0.15, -0.1) is 0 Å². The second-order valence-corrected chi connectivity index (χ2v) is 17.4. The number of alkyl halides is 34. The highest BCUT2D eigenvalue weighted by Crippen LogP contribution is 2.66. The average molecular weight is 1350 g/mol. The maximum atomic E-state index is 14.3. The fraction of sp³-hybridized carbons (Fsp3) is 0.659. The van der Waals surface area contributed by atoms with Crippen LogP contribution in [0.15, 0.2) is 36.4 Å². The van der Waals surface area contributed by atoms with E-state index >= 15 is 0 Å². The molecule has 46 heteroatoms. The number of carbonyl (C=O) groups is 2. The molecule has 0 aliphatic heterocycles. The van der Waals surface area contributed by atoms with Crippen molar-refractivity contribution in [1.82, 2.24) is 0 Å². The number of ether oxygens (including phenoxy) is 4. The van der Waals surface area contributed by atoms with Crippen molar-refractivity contribution in [3.05, 3.63) is 67.8 Å². The Bertz CT molecular complexity index is 2600. The summed E-state index contributed by atoms with van der Waals surface area (Å²) in [4.78, 5) is 44.9. The van der Waals surface area contributed by atoms with Gasteiger partial charge in [-0.1, -0.05) is 19.3 Å². The van der Waals surface area contributed by atoms with Crippen LogP contribution in [0.4, 0.5) is 161 Å². The number of rotatable bonds is 32. The molecule has 0 unspecified atom stereocenters. The van der Waals surface area contributed by atoms with E-state index in [1.807, 2.05) is 0 Å². The van der Waals surface area contributed by atoms with Gasteiger partial charge in [0.05, 0.1) is 60.2 Å². The second kappa shape index (κ2) is 24.8. The smallest absolute Gasteiger partial charge is 0.460 e. The fourth-order valence-corrected chi connectivity index (χ4v) is 6.33. The number of nitro groups is 2. The van der Waals surface area contributed by atoms with Gasteiger partial charge in [0, 0.05) is 12.1 Å². The lowest BCUT2D eigenvalue weighted by Crippen LogP contribution is -2.74. The van der Waals surface area contributed by atoms with E-state index < -0.39 is 190 Å². The molecule has 500 valence electrons. The number of hydrogen-bond donors (Lipinski definition) is 0. The van der Waals surface area contributed by atoms with Gasteiger partial charge in [0.2, 0.25) is 0 Å². The quantitative estimate of drug-likeness (QED) is 0.0227. The molecule has 0 aliphatic rings. The Kier molecular flexibility index (Phi) is 21.8. The van der Waals surface area contributed by atoms with Crippen LogP contribution in [0, 0.1) is 20.2 Å². The highest BCUT2D eigenvalue weighted by Gasteiger charge is 2.97. The summed E-state index contributed by atoms with van der Waals surface area (Å²) in [5, 5.41) is 23.0. The zero-order valence-corrected chi connectivity index (χ0v) is 41.1. The number of hydrogen-bond acceptors (Lipinski definition) is 10. The molecule has 0 N–H and O–H groups in total. The van der Waals surface area contributed by atoms with Gasteiger partial charge in [-0.3, -0.25) is 20.2 Å². The summed E-state index contributed by atoms with van der Waals surface area (Å²) in [6.45, 7) is -5.61. The molecular weight excluding hydrogens is 1330 g/mol. The summed E-state index contributed by atoms with van der Waals surface area (Å²) in [5.41, 5.74) is -4.57. The fourth-order valence-electron chi connectivity index (χ4n) is 6.33. The number of benzene rings is 2. The highest BCUT2D eigenvalue weighted by molar-refractivity contribution is 5.91. The number of nitrogens with zero attached hydrogens (tertiary/aromatic N) is 2. The van der Waals surface area contributed by atoms with Crippen molar-refractivity contribution in [1.29, 1.82) is 0 Å². The highest BCUT2D eigenvalue weighted by atomic mass is 19.4. The molecule has 2 aromatic rings. The van der Waals surface area contributed by atoms with E-state index in [4.69, 9.17) is 9.47 Å². The standard InChI is InChI=1S/C41H28F34N2O10/c42-26(43,28(46,47)30(50,51)32(54,55)34(58,59)36(62,63)38(66,67)40(70,71)72)10-14-84-22-8-6-18(16-20(22)76(80)81)24(78)86-12-4-2-1-3-5-13-87-25(79)19-7-9-23(21(17-19)77(82)83)85-15-11-27(44,45)29(48,49)31(52,53)33(56,57)35(60,61)37(64,65)39(68,69)41(73,74)75/h6-9,16-17H,1-5,10-15H2. The third-order valence-electron chi connectivity index (χ3n) is 11.5. The lowest BCUT2D eigenvalue weighted by molar-refractivity contribution is -0.461. The van der Waals surface area contributed by atoms with Gasteiger partial charge < -0.3 is 18.9 Å². The topological polar surface area (TPSA) is 157 Å². The summed E-state index contributed by atoms with van der Waals surface area (Å²) in [6.07, 6.45) is -21.9. The molecule has 2 rings (SSSR count). The average Bonchev–Trinajstić information content (AvgIpc) is 0.710. The molecule has 12 nitrogen and oxygen atoms in total. The zero-order chi connectivity index (χ0) is 68.6. The van der Waals surface area contributed by atoms with Crippen molar-refractivity contribution in [3.63, 3.8) is 0 Å². The van der Waals surface area contributed by atoms with E-state index in [-0.39, 0.29) is 44.2 Å². The van der Waals surface area contributed by atoms with Crippen LogP contribution >= 0.6 is 0 Å². The first-order valence-corrected chi connectivity index (χ1v) is 22.2. The number of nitro benzene ring substituents is 2. The first kappa shape index (κ1) is 76.5. The van der Waals surface area contributed by atoms with Gasteiger partial charge in [-0.05, 0) is 37.1 Å². The molecule has 0 bridgehead atoms. The molecule has 0 radical (unpaired) electrons. The van der Waals surface area contributed by atoms with Crippen LogP contribution in [-0.4, -0.2) is 143 Å². The van der Waals surface area contributed by atoms with Crippen LogP contribution < -0.4 is 9.47 Å². The van der Waals surface area contributed by atoms with Gasteiger partial charge in [0.15, 0.2) is 11.5 Å². The predicted octanol–water partition coefficient (Wildman–Crippen LogP) is 16.0. The number of carbonyl (C=O) groups excluding carboxylic acids is 2. The van der Waals surface area contributed by atoms with Crippen molar-refractivity contribution >= 4 is 23.3 Å². The summed E-state index contributed by atoms with van der Waals surface area (Å²) in [5.74, 6) is -122. The van der Waals surface area contributed by atoms with E-state index in [1.165, 1.54) is 0 Å². The summed E-state index contributed by atoms with van der Waals surface area (Å²) in [7, 11) is 0. The molecule has 0 saturated carbocycles. The largest absolute Gasteiger partial charge is 0.487 e. The lowest BCUT2D eigenvalue weighted by atomic mass is 9.88. The predicted molar refractivity (Wildman–Crippen MR) is 211 cm³/mol. The Morgan fingerprint density at radius 1 is 0.333 bits per heavy atom. The number of esters is 2. The van der Waals surface area contributed by atoms with Crippen molar-refractivity contribution in [2.24, 2.45) is 0 Å². The minimum absolute atomic E-state index is 0.0577. The van der Waals surface area contributed by atoms with E-state index in [0.717, 1.165) is 0 Å². The summed E-state index contributed by atoms with van der Waals surface area (Å²) < 4.78 is 478. The van der Waals surface area contributed by atoms with E-state index in [9.17, 15) is 179 Å². The van der Waals surface area contributed by atoms with Gasteiger partial charge in [0.25, 0.3) is 0 Å². The maximum Gasteiger partial charge on any atom is 0.460 e. The minimum Gasteiger partial charge on any atom is -0.487 e. The summed E-state index contributed by atoms with van der Waals surface area (Å²) in [6, 6.07) is 2.04. The minimum atomic E-state index is -8.88. The maximum absolute atomic E-state index is 14.3. The van der Waals surface area contributed by atoms with Gasteiger partial charge >= 0.3 is 119 Å². The Labute approximate surface area is 457 Å². The third-order valence-corrected chi connectivity index (χ3v) is 11.5. The Morgan fingerprint density at radius 3 is 0.805 bits per heavy atom. The van der Waals surface area contributed by atoms with Crippen LogP contribution in [0.5, 0.6) is 11.5 Å². The molecule has 0 amide bonds. The van der Waals surface area contributed by atoms with Crippen molar-refractivity contribution in [2.45, 2.75) is 140 Å². The Balaban J connectivity index is 1.99. The number of unbranched alkanes of at least 4 members (excludes halogenated alkanes) is 4. The van der Waals surface area contributed by atoms with Gasteiger partial charge in [-0.2, -0.15) is 149 Å². The molecule has 2 aromatic carbocycles. The van der Waals surface area contributed by atoms with Crippen LogP contribution in [0.3, 0.4) is 0 Å². The monoisotopic (exact) mass is 1350 g/mol. The molecule has 0 fully saturated rings. The molecule has 0 saturated heterocycles. The molecule has 0 atom stereocenters. The molecular formula is C41H28F34N2O10. The number of halogens is 34. The van der Waals surface area contributed by atoms with Crippen LogP contribution in [0.25, 0.3) is 0 Å². The molecule has 0 heterocycles. The first-order valence-electron chi connectivity index (χ1n) is 22.2. The molecule has 0 aromatic heterocycles. The second-order valence-electron chi connectivity index (χ2n) is 17.4. The zero-order valence-electron chi connectivity index (χ0n) is 41.1. The summed E-state index contributed by atoms with van der Waals surface area (Å²) >= 11 is 0. The van der Waals surface area contributed by atoms with Gasteiger partial charge in [-0.25, -0.2) is 9.59 Å². The van der Waals surface area contributed by atoms with Gasteiger partial charge in [0.1, 0.15) is 0 Å². The lowest BCUT2D eigenvalue weighted by Gasteiger charge is -2.42. The van der Waals surface area contributed by atoms with Crippen molar-refractivity contribution < 1.29 is 188 Å². The Morgan fingerprint density at radius 2 is 0.563 bits per heavy atom. The molecule has 0 aliphatic carbocycles. The molecule has 87 heavy (non-hydrogen) atoms. The SMILES string of the molecule is O=C(OCCCCCCCOC(=O)c1ccc(OCCC(F)(F)C(F)(F)C(F)(F)C(F)(F)C(F)(F)C(F)(F)C(F)(F)C(F)(F)F)c([N+](=O)[O-])c1)c1ccc(OCCC(F)(F)C(F)(F)C(F)(F)C(F)(F)C(F)(F)C(F)(F)C(F)(F)C(F)(F)F)c([N+](=O)[O-])c1. The first-order chi connectivity index (χ1) is 38.6. The molecule has 0 spiro atoms. The van der Waals surface area contributed by atoms with Crippen LogP contribution in [-0.2, 0) is 9.47 Å². The van der Waals surface area contributed by atoms with E-state index in [0.29, 0.717) is 24.3 Å². The van der Waals surface area contributed by atoms with E-state index in [1.54, 1.807) is 0 Å².